The average molecular weight is 691 g/mol. The Labute approximate surface area is 313 Å². The van der Waals surface area contributed by atoms with Gasteiger partial charge in [-0.3, -0.25) is 4.57 Å². The van der Waals surface area contributed by atoms with Crippen LogP contribution in [0.4, 0.5) is 0 Å². The van der Waals surface area contributed by atoms with Gasteiger partial charge in [0.25, 0.3) is 0 Å². The Balaban J connectivity index is 1.31. The van der Waals surface area contributed by atoms with Crippen LogP contribution in [0.25, 0.3) is 88.9 Å². The SMILES string of the molecule is c1ccc(-c2ccc(-c3nc(-n4c5ccccc5c5ccccc5n(-c5cccc(-c6ccccc6)c5)c5ccccc54)nc4ccccc34)cc2)cc1. The Morgan fingerprint density at radius 2 is 0.759 bits per heavy atom. The third-order valence-corrected chi connectivity index (χ3v) is 10.2. The molecule has 2 heterocycles. The molecule has 0 atom stereocenters. The second kappa shape index (κ2) is 13.4. The van der Waals surface area contributed by atoms with Gasteiger partial charge in [-0.25, -0.2) is 9.97 Å². The molecule has 4 heteroatoms. The van der Waals surface area contributed by atoms with Gasteiger partial charge >= 0.3 is 0 Å². The molecular weight excluding hydrogens is 657 g/mol. The Morgan fingerprint density at radius 3 is 1.43 bits per heavy atom. The molecule has 0 aliphatic heterocycles. The van der Waals surface area contributed by atoms with Crippen molar-refractivity contribution >= 4 is 43.7 Å². The largest absolute Gasteiger partial charge is 0.308 e. The summed E-state index contributed by atoms with van der Waals surface area (Å²) in [6, 6.07) is 72.8. The van der Waals surface area contributed by atoms with Crippen molar-refractivity contribution in [3.63, 3.8) is 0 Å². The highest BCUT2D eigenvalue weighted by Crippen LogP contribution is 2.35. The molecule has 0 saturated heterocycles. The van der Waals surface area contributed by atoms with Crippen LogP contribution >= 0.6 is 0 Å². The van der Waals surface area contributed by atoms with Gasteiger partial charge in [0.2, 0.25) is 5.95 Å². The molecule has 0 spiro atoms. The maximum absolute atomic E-state index is 5.47. The maximum Gasteiger partial charge on any atom is 0.235 e. The van der Waals surface area contributed by atoms with Gasteiger partial charge in [-0.15, -0.1) is 0 Å². The second-order valence-corrected chi connectivity index (χ2v) is 13.4. The fourth-order valence-electron chi connectivity index (χ4n) is 7.68. The van der Waals surface area contributed by atoms with Crippen molar-refractivity contribution in [2.45, 2.75) is 0 Å². The minimum Gasteiger partial charge on any atom is -0.308 e. The normalized spacial score (nSPS) is 11.3. The molecule has 10 aromatic rings. The molecule has 0 fully saturated rings. The van der Waals surface area contributed by atoms with Gasteiger partial charge in [0.05, 0.1) is 33.3 Å². The molecule has 2 aromatic heterocycles. The molecule has 0 N–H and O–H groups in total. The van der Waals surface area contributed by atoms with Crippen molar-refractivity contribution in [1.82, 2.24) is 19.1 Å². The van der Waals surface area contributed by atoms with Crippen molar-refractivity contribution in [2.24, 2.45) is 0 Å². The predicted octanol–water partition coefficient (Wildman–Crippen LogP) is 12.8. The third kappa shape index (κ3) is 5.49. The molecule has 0 bridgehead atoms. The van der Waals surface area contributed by atoms with E-state index in [0.29, 0.717) is 5.95 Å². The first-order valence-electron chi connectivity index (χ1n) is 18.3. The van der Waals surface area contributed by atoms with Gasteiger partial charge in [0.1, 0.15) is 0 Å². The standard InChI is InChI=1S/C50H34N4/c1-3-16-35(17-4-1)37-30-32-38(33-31-37)49-43-24-7-10-25-44(43)51-50(52-49)54-46-27-12-9-23-42(46)41-22-8-11-26-45(41)53(47-28-13-14-29-48(47)54)40-21-15-20-39(34-40)36-18-5-2-6-19-36/h1-34H. The summed E-state index contributed by atoms with van der Waals surface area (Å²) in [5, 5.41) is 3.22. The summed E-state index contributed by atoms with van der Waals surface area (Å²) in [4.78, 5) is 10.8. The predicted molar refractivity (Wildman–Crippen MR) is 225 cm³/mol. The summed E-state index contributed by atoms with van der Waals surface area (Å²) >= 11 is 0. The molecule has 0 aliphatic carbocycles. The molecule has 54 heavy (non-hydrogen) atoms. The number of hydrogen-bond donors (Lipinski definition) is 0. The number of para-hydroxylation sites is 5. The van der Waals surface area contributed by atoms with Crippen LogP contribution in [0.1, 0.15) is 0 Å². The molecule has 0 radical (unpaired) electrons. The van der Waals surface area contributed by atoms with E-state index < -0.39 is 0 Å². The lowest BCUT2D eigenvalue weighted by molar-refractivity contribution is 1.00. The monoisotopic (exact) mass is 690 g/mol. The van der Waals surface area contributed by atoms with E-state index in [1.807, 2.05) is 6.07 Å². The Morgan fingerprint density at radius 1 is 0.296 bits per heavy atom. The Bertz CT molecular complexity index is 3030. The first-order chi connectivity index (χ1) is 26.8. The van der Waals surface area contributed by atoms with Crippen LogP contribution in [0.15, 0.2) is 206 Å². The fourth-order valence-corrected chi connectivity index (χ4v) is 7.68. The maximum atomic E-state index is 5.47. The highest BCUT2D eigenvalue weighted by molar-refractivity contribution is 6.06. The number of benzene rings is 8. The van der Waals surface area contributed by atoms with E-state index in [1.54, 1.807) is 0 Å². The van der Waals surface area contributed by atoms with Gasteiger partial charge in [0, 0.05) is 27.4 Å². The van der Waals surface area contributed by atoms with E-state index >= 15 is 0 Å². The van der Waals surface area contributed by atoms with E-state index in [-0.39, 0.29) is 0 Å². The molecule has 8 aromatic carbocycles. The second-order valence-electron chi connectivity index (χ2n) is 13.4. The number of aromatic nitrogens is 4. The lowest BCUT2D eigenvalue weighted by Crippen LogP contribution is -2.08. The van der Waals surface area contributed by atoms with Gasteiger partial charge in [-0.05, 0) is 64.7 Å². The summed E-state index contributed by atoms with van der Waals surface area (Å²) in [5.41, 5.74) is 12.7. The number of fused-ring (bicyclic) bond motifs is 5. The van der Waals surface area contributed by atoms with Crippen molar-refractivity contribution in [3.8, 4) is 45.1 Å². The molecule has 4 nitrogen and oxygen atoms in total. The van der Waals surface area contributed by atoms with Crippen LogP contribution in [0.2, 0.25) is 0 Å². The van der Waals surface area contributed by atoms with Crippen LogP contribution in [0, 0.1) is 0 Å². The number of nitrogens with zero attached hydrogens (tertiary/aromatic N) is 4. The molecule has 0 aliphatic rings. The van der Waals surface area contributed by atoms with Crippen LogP contribution in [-0.4, -0.2) is 19.1 Å². The van der Waals surface area contributed by atoms with Gasteiger partial charge in [0.15, 0.2) is 0 Å². The zero-order chi connectivity index (χ0) is 35.8. The van der Waals surface area contributed by atoms with E-state index in [1.165, 1.54) is 16.7 Å². The Kier molecular flexibility index (Phi) is 7.77. The van der Waals surface area contributed by atoms with E-state index in [2.05, 4.69) is 209 Å². The summed E-state index contributed by atoms with van der Waals surface area (Å²) < 4.78 is 4.62. The highest BCUT2D eigenvalue weighted by Gasteiger charge is 2.17. The molecule has 0 saturated carbocycles. The van der Waals surface area contributed by atoms with Crippen LogP contribution in [-0.2, 0) is 0 Å². The molecule has 10 rings (SSSR count). The van der Waals surface area contributed by atoms with Gasteiger partial charge in [-0.1, -0.05) is 164 Å². The molecule has 254 valence electrons. The topological polar surface area (TPSA) is 35.6 Å². The molecular formula is C50H34N4. The zero-order valence-corrected chi connectivity index (χ0v) is 29.4. The van der Waals surface area contributed by atoms with Gasteiger partial charge < -0.3 is 4.57 Å². The summed E-state index contributed by atoms with van der Waals surface area (Å²) in [6.45, 7) is 0. The van der Waals surface area contributed by atoms with Crippen LogP contribution < -0.4 is 0 Å². The quantitative estimate of drug-likeness (QED) is 0.180. The smallest absolute Gasteiger partial charge is 0.235 e. The summed E-state index contributed by atoms with van der Waals surface area (Å²) in [7, 11) is 0. The van der Waals surface area contributed by atoms with E-state index in [4.69, 9.17) is 9.97 Å². The first-order valence-corrected chi connectivity index (χ1v) is 18.3. The average Bonchev–Trinajstić information content (AvgIpc) is 3.25. The minimum atomic E-state index is 0.605. The van der Waals surface area contributed by atoms with E-state index in [0.717, 1.165) is 66.3 Å². The number of hydrogen-bond acceptors (Lipinski definition) is 2. The number of rotatable bonds is 5. The van der Waals surface area contributed by atoms with Crippen molar-refractivity contribution in [2.75, 3.05) is 0 Å². The zero-order valence-electron chi connectivity index (χ0n) is 29.4. The summed E-state index contributed by atoms with van der Waals surface area (Å²) in [6.07, 6.45) is 0. The first kappa shape index (κ1) is 31.4. The Hall–Kier alpha value is -7.30. The molecule has 0 unspecified atom stereocenters. The lowest BCUT2D eigenvalue weighted by atomic mass is 10.0. The van der Waals surface area contributed by atoms with Crippen LogP contribution in [0.3, 0.4) is 0 Å². The minimum absolute atomic E-state index is 0.605. The van der Waals surface area contributed by atoms with E-state index in [9.17, 15) is 0 Å². The fraction of sp³-hybridized carbons (Fsp3) is 0. The van der Waals surface area contributed by atoms with Crippen molar-refractivity contribution in [1.29, 1.82) is 0 Å². The molecule has 0 amide bonds. The lowest BCUT2D eigenvalue weighted by Gasteiger charge is -2.20. The summed E-state index contributed by atoms with van der Waals surface area (Å²) in [5.74, 6) is 0.605. The van der Waals surface area contributed by atoms with Gasteiger partial charge in [-0.2, -0.15) is 0 Å². The third-order valence-electron chi connectivity index (χ3n) is 10.2. The highest BCUT2D eigenvalue weighted by atomic mass is 15.2. The van der Waals surface area contributed by atoms with Crippen LogP contribution in [0.5, 0.6) is 0 Å². The van der Waals surface area contributed by atoms with Crippen molar-refractivity contribution in [3.05, 3.63) is 206 Å². The van der Waals surface area contributed by atoms with Crippen molar-refractivity contribution < 1.29 is 0 Å².